The molecule has 1 fully saturated rings. The summed E-state index contributed by atoms with van der Waals surface area (Å²) in [4.78, 5) is 13.7. The Labute approximate surface area is 155 Å². The molecule has 7 heteroatoms. The number of allylic oxidation sites excluding steroid dienone is 2. The minimum absolute atomic E-state index is 0.176. The van der Waals surface area contributed by atoms with E-state index in [1.54, 1.807) is 28.6 Å². The number of hydrogen-bond acceptors (Lipinski definition) is 4. The van der Waals surface area contributed by atoms with Crippen molar-refractivity contribution in [2.75, 3.05) is 38.0 Å². The number of sulfonamides is 1. The molecule has 0 bridgehead atoms. The lowest BCUT2D eigenvalue weighted by atomic mass is 9.94. The van der Waals surface area contributed by atoms with Crippen LogP contribution in [0.4, 0.5) is 5.69 Å². The molecule has 0 spiro atoms. The first-order valence-electron chi connectivity index (χ1n) is 9.20. The molecule has 1 aliphatic carbocycles. The van der Waals surface area contributed by atoms with E-state index >= 15 is 0 Å². The van der Waals surface area contributed by atoms with Crippen LogP contribution in [0.5, 0.6) is 0 Å². The number of hydrogen-bond donors (Lipinski definition) is 1. The van der Waals surface area contributed by atoms with Crippen LogP contribution in [0.25, 0.3) is 0 Å². The Bertz CT molecular complexity index is 751. The third kappa shape index (κ3) is 4.72. The number of anilines is 1. The summed E-state index contributed by atoms with van der Waals surface area (Å²) in [5.74, 6) is 0.523. The van der Waals surface area contributed by atoms with Gasteiger partial charge in [-0.3, -0.25) is 4.79 Å². The number of piperazine rings is 1. The lowest BCUT2D eigenvalue weighted by molar-refractivity contribution is -0.114. The number of rotatable bonds is 5. The molecule has 1 heterocycles. The van der Waals surface area contributed by atoms with Gasteiger partial charge in [-0.1, -0.05) is 12.2 Å². The maximum atomic E-state index is 12.8. The molecule has 26 heavy (non-hydrogen) atoms. The van der Waals surface area contributed by atoms with Gasteiger partial charge < -0.3 is 10.2 Å². The van der Waals surface area contributed by atoms with E-state index < -0.39 is 10.0 Å². The van der Waals surface area contributed by atoms with E-state index in [4.69, 9.17) is 0 Å². The summed E-state index contributed by atoms with van der Waals surface area (Å²) >= 11 is 0. The molecule has 1 N–H and O–H groups in total. The molecular formula is C19H27N3O3S. The van der Waals surface area contributed by atoms with Crippen molar-refractivity contribution in [1.82, 2.24) is 9.21 Å². The van der Waals surface area contributed by atoms with Crippen LogP contribution in [0.2, 0.25) is 0 Å². The number of benzene rings is 1. The zero-order chi connectivity index (χ0) is 18.6. The summed E-state index contributed by atoms with van der Waals surface area (Å²) in [5.41, 5.74) is 0.600. The zero-order valence-corrected chi connectivity index (χ0v) is 16.0. The van der Waals surface area contributed by atoms with Crippen molar-refractivity contribution < 1.29 is 13.2 Å². The van der Waals surface area contributed by atoms with Gasteiger partial charge in [-0.25, -0.2) is 8.42 Å². The van der Waals surface area contributed by atoms with Gasteiger partial charge >= 0.3 is 0 Å². The van der Waals surface area contributed by atoms with E-state index in [0.29, 0.717) is 24.7 Å². The SMILES string of the molecule is CC(=O)Nc1ccc(S(=O)(=O)N2CCN(C[C@H]3CC=CCC3)CC2)cc1. The summed E-state index contributed by atoms with van der Waals surface area (Å²) in [7, 11) is -3.48. The van der Waals surface area contributed by atoms with Crippen molar-refractivity contribution in [2.24, 2.45) is 5.92 Å². The van der Waals surface area contributed by atoms with Crippen LogP contribution in [-0.4, -0.2) is 56.3 Å². The lowest BCUT2D eigenvalue weighted by Gasteiger charge is -2.36. The van der Waals surface area contributed by atoms with Gasteiger partial charge in [0.2, 0.25) is 15.9 Å². The van der Waals surface area contributed by atoms with Crippen LogP contribution in [0.15, 0.2) is 41.3 Å². The normalized spacial score (nSPS) is 22.3. The molecule has 1 aromatic rings. The van der Waals surface area contributed by atoms with E-state index in [1.165, 1.54) is 13.3 Å². The molecule has 0 radical (unpaired) electrons. The van der Waals surface area contributed by atoms with Gasteiger partial charge in [-0.05, 0) is 49.4 Å². The Morgan fingerprint density at radius 1 is 1.12 bits per heavy atom. The van der Waals surface area contributed by atoms with Gasteiger partial charge in [-0.2, -0.15) is 4.31 Å². The lowest BCUT2D eigenvalue weighted by Crippen LogP contribution is -2.49. The van der Waals surface area contributed by atoms with Crippen LogP contribution in [0.1, 0.15) is 26.2 Å². The van der Waals surface area contributed by atoms with Gasteiger partial charge in [-0.15, -0.1) is 0 Å². The third-order valence-corrected chi connectivity index (χ3v) is 6.95. The van der Waals surface area contributed by atoms with Crippen LogP contribution in [0.3, 0.4) is 0 Å². The van der Waals surface area contributed by atoms with Crippen molar-refractivity contribution in [1.29, 1.82) is 0 Å². The number of carbonyl (C=O) groups is 1. The molecule has 3 rings (SSSR count). The Morgan fingerprint density at radius 2 is 1.81 bits per heavy atom. The Morgan fingerprint density at radius 3 is 2.38 bits per heavy atom. The summed E-state index contributed by atoms with van der Waals surface area (Å²) in [5, 5.41) is 2.65. The Balaban J connectivity index is 1.57. The molecule has 6 nitrogen and oxygen atoms in total. The van der Waals surface area contributed by atoms with Crippen molar-refractivity contribution in [2.45, 2.75) is 31.1 Å². The molecule has 1 atom stereocenters. The predicted molar refractivity (Wildman–Crippen MR) is 102 cm³/mol. The summed E-state index contributed by atoms with van der Waals surface area (Å²) in [6, 6.07) is 6.37. The average Bonchev–Trinajstić information content (AvgIpc) is 2.63. The standard InChI is InChI=1S/C19H27N3O3S/c1-16(23)20-18-7-9-19(10-8-18)26(24,25)22-13-11-21(12-14-22)15-17-5-3-2-4-6-17/h2-3,7-10,17H,4-6,11-15H2,1H3,(H,20,23)/t17-/m0/s1. The first-order chi connectivity index (χ1) is 12.4. The Kier molecular flexibility index (Phi) is 6.11. The highest BCUT2D eigenvalue weighted by Gasteiger charge is 2.29. The van der Waals surface area contributed by atoms with Gasteiger partial charge in [0, 0.05) is 45.3 Å². The molecule has 1 aliphatic heterocycles. The first-order valence-corrected chi connectivity index (χ1v) is 10.6. The van der Waals surface area contributed by atoms with Crippen molar-refractivity contribution >= 4 is 21.6 Å². The van der Waals surface area contributed by atoms with E-state index in [0.717, 1.165) is 32.5 Å². The zero-order valence-electron chi connectivity index (χ0n) is 15.2. The minimum Gasteiger partial charge on any atom is -0.326 e. The van der Waals surface area contributed by atoms with Crippen LogP contribution in [0, 0.1) is 5.92 Å². The molecule has 1 aromatic carbocycles. The number of amides is 1. The largest absolute Gasteiger partial charge is 0.326 e. The Hall–Kier alpha value is -1.70. The predicted octanol–water partition coefficient (Wildman–Crippen LogP) is 2.31. The third-order valence-electron chi connectivity index (χ3n) is 5.04. The van der Waals surface area contributed by atoms with E-state index in [-0.39, 0.29) is 10.8 Å². The molecule has 2 aliphatic rings. The second kappa shape index (κ2) is 8.33. The van der Waals surface area contributed by atoms with Crippen LogP contribution >= 0.6 is 0 Å². The van der Waals surface area contributed by atoms with Gasteiger partial charge in [0.15, 0.2) is 0 Å². The number of nitrogens with zero attached hydrogens (tertiary/aromatic N) is 2. The highest BCUT2D eigenvalue weighted by Crippen LogP contribution is 2.22. The monoisotopic (exact) mass is 377 g/mol. The molecule has 142 valence electrons. The van der Waals surface area contributed by atoms with Crippen molar-refractivity contribution in [3.8, 4) is 0 Å². The van der Waals surface area contributed by atoms with Crippen LogP contribution in [-0.2, 0) is 14.8 Å². The highest BCUT2D eigenvalue weighted by molar-refractivity contribution is 7.89. The number of carbonyl (C=O) groups excluding carboxylic acids is 1. The number of nitrogens with one attached hydrogen (secondary N) is 1. The quantitative estimate of drug-likeness (QED) is 0.800. The van der Waals surface area contributed by atoms with Crippen LogP contribution < -0.4 is 5.32 Å². The smallest absolute Gasteiger partial charge is 0.243 e. The fraction of sp³-hybridized carbons (Fsp3) is 0.526. The second-order valence-corrected chi connectivity index (χ2v) is 9.00. The van der Waals surface area contributed by atoms with Gasteiger partial charge in [0.25, 0.3) is 0 Å². The maximum Gasteiger partial charge on any atom is 0.243 e. The average molecular weight is 378 g/mol. The van der Waals surface area contributed by atoms with Gasteiger partial charge in [0.1, 0.15) is 0 Å². The molecule has 1 amide bonds. The molecule has 0 unspecified atom stereocenters. The van der Waals surface area contributed by atoms with Crippen molar-refractivity contribution in [3.63, 3.8) is 0 Å². The summed E-state index contributed by atoms with van der Waals surface area (Å²) in [6.45, 7) is 5.10. The van der Waals surface area contributed by atoms with Gasteiger partial charge in [0.05, 0.1) is 4.90 Å². The minimum atomic E-state index is -3.48. The fourth-order valence-electron chi connectivity index (χ4n) is 3.60. The highest BCUT2D eigenvalue weighted by atomic mass is 32.2. The van der Waals surface area contributed by atoms with Crippen molar-refractivity contribution in [3.05, 3.63) is 36.4 Å². The maximum absolute atomic E-state index is 12.8. The fourth-order valence-corrected chi connectivity index (χ4v) is 5.02. The molecule has 0 aromatic heterocycles. The van der Waals surface area contributed by atoms with E-state index in [2.05, 4.69) is 22.4 Å². The summed E-state index contributed by atoms with van der Waals surface area (Å²) in [6.07, 6.45) is 8.04. The second-order valence-electron chi connectivity index (χ2n) is 7.06. The molecular weight excluding hydrogens is 350 g/mol. The molecule has 1 saturated heterocycles. The van der Waals surface area contributed by atoms with E-state index in [9.17, 15) is 13.2 Å². The topological polar surface area (TPSA) is 69.7 Å². The first kappa shape index (κ1) is 19.1. The molecule has 0 saturated carbocycles. The summed E-state index contributed by atoms with van der Waals surface area (Å²) < 4.78 is 27.2. The van der Waals surface area contributed by atoms with E-state index in [1.807, 2.05) is 0 Å².